The van der Waals surface area contributed by atoms with Crippen LogP contribution in [0.4, 0.5) is 0 Å². The Morgan fingerprint density at radius 2 is 2.00 bits per heavy atom. The molecule has 2 heteroatoms. The summed E-state index contributed by atoms with van der Waals surface area (Å²) in [5.74, 6) is 0. The van der Waals surface area contributed by atoms with Gasteiger partial charge in [0.1, 0.15) is 0 Å². The maximum atomic E-state index is 9.28. The number of aliphatic hydroxyl groups excluding tert-OH is 1. The monoisotopic (exact) mass is 231 g/mol. The zero-order valence-electron chi connectivity index (χ0n) is 10.5. The van der Waals surface area contributed by atoms with Crippen LogP contribution in [0.25, 0.3) is 10.9 Å². The Hall–Kier alpha value is -1.28. The first-order chi connectivity index (χ1) is 8.36. The van der Waals surface area contributed by atoms with E-state index >= 15 is 0 Å². The number of hydrogen-bond donors (Lipinski definition) is 1. The van der Waals surface area contributed by atoms with Crippen molar-refractivity contribution in [2.75, 3.05) is 0 Å². The van der Waals surface area contributed by atoms with Gasteiger partial charge in [0.2, 0.25) is 0 Å². The number of fused-ring (bicyclic) bond motifs is 1. The molecule has 0 saturated heterocycles. The normalized spacial score (nSPS) is 11.2. The average molecular weight is 231 g/mol. The van der Waals surface area contributed by atoms with Crippen LogP contribution in [0, 0.1) is 0 Å². The minimum atomic E-state index is 0.122. The van der Waals surface area contributed by atoms with Gasteiger partial charge in [-0.15, -0.1) is 0 Å². The summed E-state index contributed by atoms with van der Waals surface area (Å²) in [6.07, 6.45) is 7.27. The molecule has 0 amide bonds. The second-order valence-corrected chi connectivity index (χ2v) is 4.58. The van der Waals surface area contributed by atoms with Crippen LogP contribution >= 0.6 is 0 Å². The van der Waals surface area contributed by atoms with Gasteiger partial charge in [-0.1, -0.05) is 38.3 Å². The molecule has 0 aliphatic carbocycles. The van der Waals surface area contributed by atoms with Crippen molar-refractivity contribution >= 4 is 10.9 Å². The Kier molecular flexibility index (Phi) is 4.21. The lowest BCUT2D eigenvalue weighted by atomic mass is 10.1. The largest absolute Gasteiger partial charge is 0.392 e. The third-order valence-corrected chi connectivity index (χ3v) is 3.33. The Labute approximate surface area is 103 Å². The molecule has 0 saturated carbocycles. The van der Waals surface area contributed by atoms with Crippen LogP contribution in [0.3, 0.4) is 0 Å². The molecule has 2 aromatic rings. The molecule has 1 heterocycles. The van der Waals surface area contributed by atoms with E-state index in [1.165, 1.54) is 36.6 Å². The number of nitrogens with zero attached hydrogens (tertiary/aromatic N) is 1. The SMILES string of the molecule is CCCCCCn1ccc2c(CO)cccc21. The maximum Gasteiger partial charge on any atom is 0.0688 e. The summed E-state index contributed by atoms with van der Waals surface area (Å²) in [5, 5.41) is 10.5. The standard InChI is InChI=1S/C15H21NO/c1-2-3-4-5-10-16-11-9-14-13(12-17)7-6-8-15(14)16/h6-9,11,17H,2-5,10,12H2,1H3. The first kappa shape index (κ1) is 12.2. The molecule has 17 heavy (non-hydrogen) atoms. The zero-order chi connectivity index (χ0) is 12.1. The van der Waals surface area contributed by atoms with Crippen LogP contribution < -0.4 is 0 Å². The molecule has 0 atom stereocenters. The van der Waals surface area contributed by atoms with E-state index in [4.69, 9.17) is 0 Å². The molecule has 0 aliphatic rings. The highest BCUT2D eigenvalue weighted by Crippen LogP contribution is 2.21. The summed E-state index contributed by atoms with van der Waals surface area (Å²) in [6, 6.07) is 8.26. The molecule has 0 aliphatic heterocycles. The molecule has 0 fully saturated rings. The molecule has 1 aromatic carbocycles. The van der Waals surface area contributed by atoms with Gasteiger partial charge in [-0.25, -0.2) is 0 Å². The van der Waals surface area contributed by atoms with Crippen molar-refractivity contribution < 1.29 is 5.11 Å². The van der Waals surface area contributed by atoms with Gasteiger partial charge in [-0.05, 0) is 24.1 Å². The van der Waals surface area contributed by atoms with E-state index in [-0.39, 0.29) is 6.61 Å². The van der Waals surface area contributed by atoms with Crippen molar-refractivity contribution in [3.05, 3.63) is 36.0 Å². The smallest absolute Gasteiger partial charge is 0.0688 e. The lowest BCUT2D eigenvalue weighted by molar-refractivity contribution is 0.283. The highest BCUT2D eigenvalue weighted by Gasteiger charge is 2.04. The van der Waals surface area contributed by atoms with Crippen LogP contribution in [-0.4, -0.2) is 9.67 Å². The molecule has 0 spiro atoms. The van der Waals surface area contributed by atoms with Gasteiger partial charge in [0.15, 0.2) is 0 Å². The second-order valence-electron chi connectivity index (χ2n) is 4.58. The van der Waals surface area contributed by atoms with Gasteiger partial charge in [0, 0.05) is 23.6 Å². The van der Waals surface area contributed by atoms with E-state index in [0.29, 0.717) is 0 Å². The van der Waals surface area contributed by atoms with Gasteiger partial charge < -0.3 is 9.67 Å². The van der Waals surface area contributed by atoms with Gasteiger partial charge in [0.05, 0.1) is 6.61 Å². The molecule has 1 N–H and O–H groups in total. The van der Waals surface area contributed by atoms with Gasteiger partial charge in [-0.2, -0.15) is 0 Å². The van der Waals surface area contributed by atoms with Crippen molar-refractivity contribution in [1.82, 2.24) is 4.57 Å². The number of aryl methyl sites for hydroxylation is 1. The highest BCUT2D eigenvalue weighted by molar-refractivity contribution is 5.83. The topological polar surface area (TPSA) is 25.2 Å². The Morgan fingerprint density at radius 3 is 2.76 bits per heavy atom. The van der Waals surface area contributed by atoms with Crippen molar-refractivity contribution in [2.45, 2.75) is 45.8 Å². The van der Waals surface area contributed by atoms with E-state index in [1.54, 1.807) is 0 Å². The van der Waals surface area contributed by atoms with E-state index in [1.807, 2.05) is 12.1 Å². The maximum absolute atomic E-state index is 9.28. The third kappa shape index (κ3) is 2.70. The molecular formula is C15H21NO. The van der Waals surface area contributed by atoms with Gasteiger partial charge in [0.25, 0.3) is 0 Å². The fourth-order valence-corrected chi connectivity index (χ4v) is 2.33. The first-order valence-electron chi connectivity index (χ1n) is 6.54. The summed E-state index contributed by atoms with van der Waals surface area (Å²) in [4.78, 5) is 0. The minimum Gasteiger partial charge on any atom is -0.392 e. The molecule has 2 nitrogen and oxygen atoms in total. The number of aliphatic hydroxyl groups is 1. The fourth-order valence-electron chi connectivity index (χ4n) is 2.33. The fraction of sp³-hybridized carbons (Fsp3) is 0.467. The van der Waals surface area contributed by atoms with E-state index in [9.17, 15) is 5.11 Å². The molecule has 0 unspecified atom stereocenters. The van der Waals surface area contributed by atoms with Crippen molar-refractivity contribution in [1.29, 1.82) is 0 Å². The van der Waals surface area contributed by atoms with Gasteiger partial charge >= 0.3 is 0 Å². The highest BCUT2D eigenvalue weighted by atomic mass is 16.3. The Balaban J connectivity index is 2.13. The summed E-state index contributed by atoms with van der Waals surface area (Å²) in [6.45, 7) is 3.44. The van der Waals surface area contributed by atoms with Crippen LogP contribution in [0.1, 0.15) is 38.2 Å². The summed E-state index contributed by atoms with van der Waals surface area (Å²) < 4.78 is 2.30. The molecule has 92 valence electrons. The second kappa shape index (κ2) is 5.87. The van der Waals surface area contributed by atoms with E-state index < -0.39 is 0 Å². The number of hydrogen-bond acceptors (Lipinski definition) is 1. The van der Waals surface area contributed by atoms with Crippen molar-refractivity contribution in [3.63, 3.8) is 0 Å². The Bertz CT molecular complexity index is 473. The zero-order valence-corrected chi connectivity index (χ0v) is 10.5. The quantitative estimate of drug-likeness (QED) is 0.753. The molecule has 0 bridgehead atoms. The molecular weight excluding hydrogens is 210 g/mol. The number of aromatic nitrogens is 1. The average Bonchev–Trinajstić information content (AvgIpc) is 2.78. The van der Waals surface area contributed by atoms with Crippen LogP contribution in [0.2, 0.25) is 0 Å². The first-order valence-corrected chi connectivity index (χ1v) is 6.54. The van der Waals surface area contributed by atoms with Gasteiger partial charge in [-0.3, -0.25) is 0 Å². The Morgan fingerprint density at radius 1 is 1.12 bits per heavy atom. The summed E-state index contributed by atoms with van der Waals surface area (Å²) in [5.41, 5.74) is 2.27. The van der Waals surface area contributed by atoms with Crippen molar-refractivity contribution in [3.8, 4) is 0 Å². The van der Waals surface area contributed by atoms with Crippen LogP contribution in [-0.2, 0) is 13.2 Å². The third-order valence-electron chi connectivity index (χ3n) is 3.33. The lowest BCUT2D eigenvalue weighted by Gasteiger charge is -2.06. The number of rotatable bonds is 6. The molecule has 1 aromatic heterocycles. The van der Waals surface area contributed by atoms with E-state index in [0.717, 1.165) is 12.1 Å². The lowest BCUT2D eigenvalue weighted by Crippen LogP contribution is -1.96. The van der Waals surface area contributed by atoms with Crippen LogP contribution in [0.5, 0.6) is 0 Å². The minimum absolute atomic E-state index is 0.122. The molecule has 2 rings (SSSR count). The molecule has 0 radical (unpaired) electrons. The predicted octanol–water partition coefficient (Wildman–Crippen LogP) is 3.71. The van der Waals surface area contributed by atoms with Crippen molar-refractivity contribution in [2.24, 2.45) is 0 Å². The summed E-state index contributed by atoms with van der Waals surface area (Å²) in [7, 11) is 0. The summed E-state index contributed by atoms with van der Waals surface area (Å²) >= 11 is 0. The number of unbranched alkanes of at least 4 members (excludes halogenated alkanes) is 3. The predicted molar refractivity (Wildman–Crippen MR) is 72.0 cm³/mol. The van der Waals surface area contributed by atoms with E-state index in [2.05, 4.69) is 29.8 Å². The number of benzene rings is 1. The van der Waals surface area contributed by atoms with Crippen LogP contribution in [0.15, 0.2) is 30.5 Å².